The SMILES string of the molecule is COc1ccc2sc(N(CCCN3CCOCC3)C(=O)c3ccc(Oc4ccccc4)cc3)nc2c1. The number of hydrogen-bond donors (Lipinski definition) is 0. The van der Waals surface area contributed by atoms with Crippen molar-refractivity contribution in [2.45, 2.75) is 6.42 Å². The van der Waals surface area contributed by atoms with Crippen LogP contribution in [0.1, 0.15) is 16.8 Å². The van der Waals surface area contributed by atoms with Crippen molar-refractivity contribution >= 4 is 32.6 Å². The van der Waals surface area contributed by atoms with Gasteiger partial charge < -0.3 is 14.2 Å². The third-order valence-electron chi connectivity index (χ3n) is 6.10. The van der Waals surface area contributed by atoms with E-state index in [2.05, 4.69) is 4.90 Å². The zero-order valence-corrected chi connectivity index (χ0v) is 21.1. The van der Waals surface area contributed by atoms with Crippen LogP contribution in [0.2, 0.25) is 0 Å². The molecule has 0 saturated carbocycles. The van der Waals surface area contributed by atoms with Crippen molar-refractivity contribution in [3.63, 3.8) is 0 Å². The van der Waals surface area contributed by atoms with E-state index >= 15 is 0 Å². The van der Waals surface area contributed by atoms with E-state index in [4.69, 9.17) is 19.2 Å². The minimum Gasteiger partial charge on any atom is -0.497 e. The molecule has 0 bridgehead atoms. The summed E-state index contributed by atoms with van der Waals surface area (Å²) in [7, 11) is 1.64. The molecule has 2 heterocycles. The van der Waals surface area contributed by atoms with E-state index in [0.29, 0.717) is 23.0 Å². The molecule has 36 heavy (non-hydrogen) atoms. The molecule has 5 rings (SSSR count). The summed E-state index contributed by atoms with van der Waals surface area (Å²) in [6.45, 7) is 4.88. The zero-order chi connectivity index (χ0) is 24.7. The van der Waals surface area contributed by atoms with Crippen LogP contribution >= 0.6 is 11.3 Å². The second-order valence-corrected chi connectivity index (χ2v) is 9.54. The van der Waals surface area contributed by atoms with Gasteiger partial charge in [0.25, 0.3) is 5.91 Å². The van der Waals surface area contributed by atoms with Gasteiger partial charge in [0.1, 0.15) is 17.2 Å². The second kappa shape index (κ2) is 11.5. The molecular weight excluding hydrogens is 474 g/mol. The molecule has 1 fully saturated rings. The van der Waals surface area contributed by atoms with Crippen molar-refractivity contribution in [1.29, 1.82) is 0 Å². The van der Waals surface area contributed by atoms with Gasteiger partial charge in [-0.1, -0.05) is 29.5 Å². The highest BCUT2D eigenvalue weighted by atomic mass is 32.1. The Kier molecular flexibility index (Phi) is 7.76. The number of fused-ring (bicyclic) bond motifs is 1. The predicted molar refractivity (Wildman–Crippen MR) is 143 cm³/mol. The Labute approximate surface area is 214 Å². The molecule has 0 N–H and O–H groups in total. The lowest BCUT2D eigenvalue weighted by Crippen LogP contribution is -2.39. The van der Waals surface area contributed by atoms with Crippen molar-refractivity contribution in [2.75, 3.05) is 51.4 Å². The molecule has 0 spiro atoms. The van der Waals surface area contributed by atoms with Crippen LogP contribution in [0.5, 0.6) is 17.2 Å². The van der Waals surface area contributed by atoms with Crippen LogP contribution in [0.25, 0.3) is 10.2 Å². The highest BCUT2D eigenvalue weighted by molar-refractivity contribution is 7.22. The summed E-state index contributed by atoms with van der Waals surface area (Å²) >= 11 is 1.52. The molecule has 1 saturated heterocycles. The normalized spacial score (nSPS) is 14.0. The molecule has 1 aliphatic rings. The fourth-order valence-corrected chi connectivity index (χ4v) is 5.12. The summed E-state index contributed by atoms with van der Waals surface area (Å²) in [5.74, 6) is 2.11. The molecule has 1 aromatic heterocycles. The lowest BCUT2D eigenvalue weighted by atomic mass is 10.2. The quantitative estimate of drug-likeness (QED) is 0.302. The van der Waals surface area contributed by atoms with Crippen molar-refractivity contribution in [2.24, 2.45) is 0 Å². The molecular formula is C28H29N3O4S. The van der Waals surface area contributed by atoms with E-state index in [0.717, 1.165) is 61.0 Å². The first-order valence-electron chi connectivity index (χ1n) is 12.1. The summed E-state index contributed by atoms with van der Waals surface area (Å²) in [5.41, 5.74) is 1.42. The summed E-state index contributed by atoms with van der Waals surface area (Å²) in [5, 5.41) is 0.690. The Morgan fingerprint density at radius 2 is 1.72 bits per heavy atom. The number of nitrogens with zero attached hydrogens (tertiary/aromatic N) is 3. The van der Waals surface area contributed by atoms with Gasteiger partial charge in [-0.05, 0) is 55.0 Å². The summed E-state index contributed by atoms with van der Waals surface area (Å²) < 4.78 is 17.7. The van der Waals surface area contributed by atoms with E-state index in [9.17, 15) is 4.79 Å². The number of amides is 1. The second-order valence-electron chi connectivity index (χ2n) is 8.53. The van der Waals surface area contributed by atoms with Crippen LogP contribution in [0.3, 0.4) is 0 Å². The largest absolute Gasteiger partial charge is 0.497 e. The molecule has 0 radical (unpaired) electrons. The number of ether oxygens (including phenoxy) is 3. The van der Waals surface area contributed by atoms with Crippen LogP contribution in [0.4, 0.5) is 5.13 Å². The maximum atomic E-state index is 13.7. The lowest BCUT2D eigenvalue weighted by Gasteiger charge is -2.27. The number of methoxy groups -OCH3 is 1. The Balaban J connectivity index is 1.35. The number of anilines is 1. The van der Waals surface area contributed by atoms with Crippen LogP contribution in [-0.2, 0) is 4.74 Å². The van der Waals surface area contributed by atoms with Crippen LogP contribution in [0, 0.1) is 0 Å². The minimum absolute atomic E-state index is 0.0748. The Morgan fingerprint density at radius 3 is 2.47 bits per heavy atom. The molecule has 8 heteroatoms. The number of hydrogen-bond acceptors (Lipinski definition) is 7. The van der Waals surface area contributed by atoms with Gasteiger partial charge in [-0.15, -0.1) is 0 Å². The number of thiazole rings is 1. The van der Waals surface area contributed by atoms with Gasteiger partial charge in [0.2, 0.25) is 0 Å². The van der Waals surface area contributed by atoms with Gasteiger partial charge >= 0.3 is 0 Å². The smallest absolute Gasteiger partial charge is 0.260 e. The van der Waals surface area contributed by atoms with Gasteiger partial charge in [0.05, 0.1) is 30.5 Å². The van der Waals surface area contributed by atoms with Crippen LogP contribution < -0.4 is 14.4 Å². The molecule has 186 valence electrons. The maximum absolute atomic E-state index is 13.7. The van der Waals surface area contributed by atoms with Gasteiger partial charge in [0.15, 0.2) is 5.13 Å². The Morgan fingerprint density at radius 1 is 1.00 bits per heavy atom. The highest BCUT2D eigenvalue weighted by Gasteiger charge is 2.22. The molecule has 1 aliphatic heterocycles. The molecule has 0 aliphatic carbocycles. The molecule has 3 aromatic carbocycles. The van der Waals surface area contributed by atoms with Crippen molar-refractivity contribution in [3.8, 4) is 17.2 Å². The summed E-state index contributed by atoms with van der Waals surface area (Å²) in [6, 6.07) is 22.7. The summed E-state index contributed by atoms with van der Waals surface area (Å²) in [4.78, 5) is 22.7. The standard InChI is InChI=1S/C28H29N3O4S/c1-33-24-12-13-26-25(20-24)29-28(36-26)31(15-5-14-30-16-18-34-19-17-30)27(32)21-8-10-23(11-9-21)35-22-6-3-2-4-7-22/h2-4,6-13,20H,5,14-19H2,1H3. The first-order valence-corrected chi connectivity index (χ1v) is 12.9. The van der Waals surface area contributed by atoms with Crippen molar-refractivity contribution in [1.82, 2.24) is 9.88 Å². The number of carbonyl (C=O) groups is 1. The molecule has 0 unspecified atom stereocenters. The number of benzene rings is 3. The number of carbonyl (C=O) groups excluding carboxylic acids is 1. The summed E-state index contributed by atoms with van der Waals surface area (Å²) in [6.07, 6.45) is 0.847. The van der Waals surface area contributed by atoms with Crippen LogP contribution in [-0.4, -0.2) is 62.3 Å². The fourth-order valence-electron chi connectivity index (χ4n) is 4.14. The Bertz CT molecular complexity index is 1290. The van der Waals surface area contributed by atoms with Gasteiger partial charge in [-0.2, -0.15) is 0 Å². The molecule has 4 aromatic rings. The van der Waals surface area contributed by atoms with E-state index in [1.54, 1.807) is 12.0 Å². The first kappa shape index (κ1) is 24.2. The predicted octanol–water partition coefficient (Wildman–Crippen LogP) is 5.47. The number of morpholine rings is 1. The molecule has 0 atom stereocenters. The monoisotopic (exact) mass is 503 g/mol. The third kappa shape index (κ3) is 5.84. The molecule has 7 nitrogen and oxygen atoms in total. The number of aromatic nitrogens is 1. The Hall–Kier alpha value is -3.46. The van der Waals surface area contributed by atoms with E-state index in [-0.39, 0.29) is 5.91 Å². The van der Waals surface area contributed by atoms with E-state index in [1.807, 2.05) is 72.8 Å². The van der Waals surface area contributed by atoms with Gasteiger partial charge in [-0.25, -0.2) is 4.98 Å². The molecule has 1 amide bonds. The van der Waals surface area contributed by atoms with Gasteiger partial charge in [0, 0.05) is 37.8 Å². The van der Waals surface area contributed by atoms with Crippen molar-refractivity contribution < 1.29 is 19.0 Å². The average Bonchev–Trinajstić information content (AvgIpc) is 3.35. The topological polar surface area (TPSA) is 64.1 Å². The van der Waals surface area contributed by atoms with E-state index < -0.39 is 0 Å². The van der Waals surface area contributed by atoms with Crippen molar-refractivity contribution in [3.05, 3.63) is 78.4 Å². The maximum Gasteiger partial charge on any atom is 0.260 e. The lowest BCUT2D eigenvalue weighted by molar-refractivity contribution is 0.0376. The number of para-hydroxylation sites is 1. The third-order valence-corrected chi connectivity index (χ3v) is 7.16. The van der Waals surface area contributed by atoms with E-state index in [1.165, 1.54) is 11.3 Å². The highest BCUT2D eigenvalue weighted by Crippen LogP contribution is 2.32. The average molecular weight is 504 g/mol. The first-order chi connectivity index (χ1) is 17.7. The minimum atomic E-state index is -0.0748. The van der Waals surface area contributed by atoms with Gasteiger partial charge in [-0.3, -0.25) is 14.6 Å². The van der Waals surface area contributed by atoms with Crippen LogP contribution in [0.15, 0.2) is 72.8 Å². The fraction of sp³-hybridized carbons (Fsp3) is 0.286. The number of rotatable bonds is 9. The zero-order valence-electron chi connectivity index (χ0n) is 20.3.